The van der Waals surface area contributed by atoms with Crippen LogP contribution in [0, 0.1) is 0 Å². The number of ether oxygens (including phenoxy) is 1. The summed E-state index contributed by atoms with van der Waals surface area (Å²) in [6.07, 6.45) is 0. The van der Waals surface area contributed by atoms with Crippen LogP contribution < -0.4 is 16.2 Å². The van der Waals surface area contributed by atoms with Crippen LogP contribution in [0.4, 0.5) is 5.69 Å². The first-order valence-electron chi connectivity index (χ1n) is 6.50. The Hall–Kier alpha value is -3.01. The molecule has 0 bridgehead atoms. The molecule has 4 heteroatoms. The van der Waals surface area contributed by atoms with Crippen LogP contribution in [-0.2, 0) is 0 Å². The van der Waals surface area contributed by atoms with Crippen molar-refractivity contribution in [2.75, 3.05) is 5.73 Å². The zero-order valence-electron chi connectivity index (χ0n) is 11.2. The number of hydrogen-bond donors (Lipinski definition) is 2. The molecule has 4 nitrogen and oxygen atoms in total. The summed E-state index contributed by atoms with van der Waals surface area (Å²) in [4.78, 5) is 11.1. The van der Waals surface area contributed by atoms with Crippen LogP contribution in [0.3, 0.4) is 0 Å². The average Bonchev–Trinajstić information content (AvgIpc) is 2.49. The molecule has 0 heterocycles. The van der Waals surface area contributed by atoms with Crippen molar-refractivity contribution >= 4 is 22.4 Å². The van der Waals surface area contributed by atoms with Gasteiger partial charge in [0.05, 0.1) is 5.69 Å². The van der Waals surface area contributed by atoms with Gasteiger partial charge in [0.1, 0.15) is 11.5 Å². The Kier molecular flexibility index (Phi) is 3.20. The van der Waals surface area contributed by atoms with Crippen molar-refractivity contribution < 1.29 is 9.53 Å². The van der Waals surface area contributed by atoms with Gasteiger partial charge in [-0.15, -0.1) is 0 Å². The van der Waals surface area contributed by atoms with Crippen molar-refractivity contribution in [3.05, 3.63) is 66.2 Å². The number of fused-ring (bicyclic) bond motifs is 1. The molecule has 0 atom stereocenters. The number of benzene rings is 3. The molecule has 0 aliphatic rings. The second kappa shape index (κ2) is 5.17. The smallest absolute Gasteiger partial charge is 0.248 e. The number of nitrogens with two attached hydrogens (primary N) is 2. The van der Waals surface area contributed by atoms with Crippen LogP contribution >= 0.6 is 0 Å². The summed E-state index contributed by atoms with van der Waals surface area (Å²) in [6, 6.07) is 18.5. The SMILES string of the molecule is NC(=O)c1ccc(Oc2cccc3ccccc23)c(N)c1. The van der Waals surface area contributed by atoms with E-state index < -0.39 is 5.91 Å². The number of nitrogen functional groups attached to an aromatic ring is 1. The predicted molar refractivity (Wildman–Crippen MR) is 83.4 cm³/mol. The molecule has 21 heavy (non-hydrogen) atoms. The summed E-state index contributed by atoms with van der Waals surface area (Å²) >= 11 is 0. The van der Waals surface area contributed by atoms with Gasteiger partial charge in [0.25, 0.3) is 0 Å². The summed E-state index contributed by atoms with van der Waals surface area (Å²) in [7, 11) is 0. The highest BCUT2D eigenvalue weighted by atomic mass is 16.5. The number of carbonyl (C=O) groups excluding carboxylic acids is 1. The molecule has 3 aromatic rings. The van der Waals surface area contributed by atoms with Gasteiger partial charge in [0, 0.05) is 10.9 Å². The van der Waals surface area contributed by atoms with E-state index in [4.69, 9.17) is 16.2 Å². The highest BCUT2D eigenvalue weighted by Crippen LogP contribution is 2.33. The maximum atomic E-state index is 11.1. The van der Waals surface area contributed by atoms with E-state index in [-0.39, 0.29) is 0 Å². The fourth-order valence-electron chi connectivity index (χ4n) is 2.20. The van der Waals surface area contributed by atoms with Gasteiger partial charge in [-0.05, 0) is 29.7 Å². The van der Waals surface area contributed by atoms with Crippen LogP contribution in [0.15, 0.2) is 60.7 Å². The summed E-state index contributed by atoms with van der Waals surface area (Å²) in [5.41, 5.74) is 11.9. The maximum absolute atomic E-state index is 11.1. The number of carbonyl (C=O) groups is 1. The third kappa shape index (κ3) is 2.51. The molecule has 4 N–H and O–H groups in total. The second-order valence-corrected chi connectivity index (χ2v) is 4.70. The first kappa shape index (κ1) is 13.0. The van der Waals surface area contributed by atoms with Gasteiger partial charge >= 0.3 is 0 Å². The number of amides is 1. The van der Waals surface area contributed by atoms with E-state index >= 15 is 0 Å². The van der Waals surface area contributed by atoms with E-state index in [9.17, 15) is 4.79 Å². The second-order valence-electron chi connectivity index (χ2n) is 4.70. The minimum atomic E-state index is -0.515. The zero-order valence-corrected chi connectivity index (χ0v) is 11.2. The van der Waals surface area contributed by atoms with Crippen LogP contribution in [0.25, 0.3) is 10.8 Å². The van der Waals surface area contributed by atoms with Gasteiger partial charge in [0.2, 0.25) is 5.91 Å². The predicted octanol–water partition coefficient (Wildman–Crippen LogP) is 3.31. The average molecular weight is 278 g/mol. The van der Waals surface area contributed by atoms with Gasteiger partial charge < -0.3 is 16.2 Å². The first-order chi connectivity index (χ1) is 10.1. The molecular formula is C17H14N2O2. The summed E-state index contributed by atoms with van der Waals surface area (Å²) in [5, 5.41) is 2.08. The Labute approximate surface area is 121 Å². The van der Waals surface area contributed by atoms with Crippen LogP contribution in [0.1, 0.15) is 10.4 Å². The van der Waals surface area contributed by atoms with Crippen LogP contribution in [0.5, 0.6) is 11.5 Å². The van der Waals surface area contributed by atoms with Crippen LogP contribution in [0.2, 0.25) is 0 Å². The van der Waals surface area contributed by atoms with Gasteiger partial charge in [-0.25, -0.2) is 0 Å². The van der Waals surface area contributed by atoms with E-state index in [0.717, 1.165) is 10.8 Å². The molecule has 0 spiro atoms. The van der Waals surface area contributed by atoms with Gasteiger partial charge in [-0.1, -0.05) is 36.4 Å². The highest BCUT2D eigenvalue weighted by molar-refractivity contribution is 5.94. The fourth-order valence-corrected chi connectivity index (χ4v) is 2.20. The lowest BCUT2D eigenvalue weighted by Crippen LogP contribution is -2.11. The van der Waals surface area contributed by atoms with Crippen molar-refractivity contribution in [2.24, 2.45) is 5.73 Å². The summed E-state index contributed by atoms with van der Waals surface area (Å²) in [5.74, 6) is 0.696. The molecule has 0 saturated carbocycles. The van der Waals surface area contributed by atoms with Gasteiger partial charge in [0.15, 0.2) is 0 Å². The van der Waals surface area contributed by atoms with E-state index in [2.05, 4.69) is 0 Å². The number of hydrogen-bond acceptors (Lipinski definition) is 3. The largest absolute Gasteiger partial charge is 0.455 e. The topological polar surface area (TPSA) is 78.3 Å². The van der Waals surface area contributed by atoms with Gasteiger partial charge in [-0.3, -0.25) is 4.79 Å². The molecule has 0 saturated heterocycles. The minimum Gasteiger partial charge on any atom is -0.455 e. The van der Waals surface area contributed by atoms with Crippen molar-refractivity contribution in [3.63, 3.8) is 0 Å². The molecule has 0 unspecified atom stereocenters. The lowest BCUT2D eigenvalue weighted by atomic mass is 10.1. The standard InChI is InChI=1S/C17H14N2O2/c18-14-10-12(17(19)20)8-9-16(14)21-15-7-3-5-11-4-1-2-6-13(11)15/h1-10H,18H2,(H2,19,20). The Morgan fingerprint density at radius 3 is 2.43 bits per heavy atom. The molecule has 104 valence electrons. The first-order valence-corrected chi connectivity index (χ1v) is 6.50. The number of primary amides is 1. The van der Waals surface area contributed by atoms with E-state index in [1.807, 2.05) is 42.5 Å². The Morgan fingerprint density at radius 1 is 0.905 bits per heavy atom. The molecule has 0 radical (unpaired) electrons. The monoisotopic (exact) mass is 278 g/mol. The molecule has 0 aliphatic carbocycles. The Morgan fingerprint density at radius 2 is 1.67 bits per heavy atom. The fraction of sp³-hybridized carbons (Fsp3) is 0. The Bertz CT molecular complexity index is 823. The normalized spacial score (nSPS) is 10.5. The van der Waals surface area contributed by atoms with E-state index in [0.29, 0.717) is 22.7 Å². The molecule has 0 fully saturated rings. The maximum Gasteiger partial charge on any atom is 0.248 e. The van der Waals surface area contributed by atoms with Crippen molar-refractivity contribution in [1.82, 2.24) is 0 Å². The zero-order chi connectivity index (χ0) is 14.8. The molecule has 3 rings (SSSR count). The molecule has 1 amide bonds. The van der Waals surface area contributed by atoms with E-state index in [1.165, 1.54) is 6.07 Å². The lowest BCUT2D eigenvalue weighted by Gasteiger charge is -2.11. The van der Waals surface area contributed by atoms with Gasteiger partial charge in [-0.2, -0.15) is 0 Å². The number of anilines is 1. The number of rotatable bonds is 3. The van der Waals surface area contributed by atoms with Crippen molar-refractivity contribution in [1.29, 1.82) is 0 Å². The highest BCUT2D eigenvalue weighted by Gasteiger charge is 2.08. The third-order valence-electron chi connectivity index (χ3n) is 3.26. The van der Waals surface area contributed by atoms with Crippen molar-refractivity contribution in [2.45, 2.75) is 0 Å². The van der Waals surface area contributed by atoms with Crippen LogP contribution in [-0.4, -0.2) is 5.91 Å². The molecule has 0 aromatic heterocycles. The minimum absolute atomic E-state index is 0.359. The Balaban J connectivity index is 2.01. The third-order valence-corrected chi connectivity index (χ3v) is 3.26. The molecule has 0 aliphatic heterocycles. The molecule has 3 aromatic carbocycles. The molecular weight excluding hydrogens is 264 g/mol. The summed E-state index contributed by atoms with van der Waals surface area (Å²) in [6.45, 7) is 0. The lowest BCUT2D eigenvalue weighted by molar-refractivity contribution is 0.100. The van der Waals surface area contributed by atoms with Crippen molar-refractivity contribution in [3.8, 4) is 11.5 Å². The van der Waals surface area contributed by atoms with E-state index in [1.54, 1.807) is 12.1 Å². The summed E-state index contributed by atoms with van der Waals surface area (Å²) < 4.78 is 5.88. The quantitative estimate of drug-likeness (QED) is 0.721.